The summed E-state index contributed by atoms with van der Waals surface area (Å²) in [6, 6.07) is 10.4. The van der Waals surface area contributed by atoms with Crippen molar-refractivity contribution < 1.29 is 4.79 Å². The molecule has 0 saturated carbocycles. The summed E-state index contributed by atoms with van der Waals surface area (Å²) in [6.07, 6.45) is 1.63. The molecule has 0 aliphatic carbocycles. The van der Waals surface area contributed by atoms with Crippen LogP contribution in [0.2, 0.25) is 0 Å². The fourth-order valence-electron chi connectivity index (χ4n) is 1.85. The Morgan fingerprint density at radius 3 is 2.70 bits per heavy atom. The highest BCUT2D eigenvalue weighted by Crippen LogP contribution is 2.14. The number of likely N-dealkylation sites (N-methyl/N-ethyl adjacent to an activating group) is 1. The van der Waals surface area contributed by atoms with E-state index < -0.39 is 0 Å². The van der Waals surface area contributed by atoms with Crippen molar-refractivity contribution in [1.29, 1.82) is 0 Å². The number of aromatic nitrogens is 1. The zero-order chi connectivity index (χ0) is 14.5. The third kappa shape index (κ3) is 3.57. The molecule has 1 aromatic heterocycles. The number of amides is 1. The molecule has 0 aliphatic heterocycles. The molecule has 1 atom stereocenters. The van der Waals surface area contributed by atoms with Crippen LogP contribution in [-0.4, -0.2) is 30.5 Å². The minimum atomic E-state index is -0.0519. The minimum Gasteiger partial charge on any atom is -0.370 e. The van der Waals surface area contributed by atoms with Crippen molar-refractivity contribution in [3.63, 3.8) is 0 Å². The van der Waals surface area contributed by atoms with E-state index in [2.05, 4.69) is 34.3 Å². The summed E-state index contributed by atoms with van der Waals surface area (Å²) in [6.45, 7) is 4.58. The van der Waals surface area contributed by atoms with Crippen LogP contribution in [0.4, 0.5) is 5.69 Å². The molecule has 5 heteroatoms. The van der Waals surface area contributed by atoms with Crippen LogP contribution >= 0.6 is 11.3 Å². The molecule has 0 saturated heterocycles. The van der Waals surface area contributed by atoms with Crippen LogP contribution in [0.3, 0.4) is 0 Å². The van der Waals surface area contributed by atoms with E-state index in [9.17, 15) is 4.79 Å². The Morgan fingerprint density at radius 2 is 2.10 bits per heavy atom. The van der Waals surface area contributed by atoms with E-state index in [-0.39, 0.29) is 11.9 Å². The largest absolute Gasteiger partial charge is 0.370 e. The van der Waals surface area contributed by atoms with E-state index in [1.165, 1.54) is 11.3 Å². The van der Waals surface area contributed by atoms with Crippen LogP contribution in [0, 0.1) is 6.92 Å². The van der Waals surface area contributed by atoms with E-state index in [4.69, 9.17) is 0 Å². The Morgan fingerprint density at radius 1 is 1.40 bits per heavy atom. The van der Waals surface area contributed by atoms with Gasteiger partial charge in [-0.2, -0.15) is 0 Å². The molecule has 2 rings (SSSR count). The van der Waals surface area contributed by atoms with Crippen LogP contribution in [-0.2, 0) is 0 Å². The van der Waals surface area contributed by atoms with Gasteiger partial charge in [0.25, 0.3) is 5.91 Å². The maximum atomic E-state index is 12.0. The van der Waals surface area contributed by atoms with Crippen molar-refractivity contribution in [2.45, 2.75) is 19.9 Å². The molecule has 0 bridgehead atoms. The Balaban J connectivity index is 1.89. The number of carbonyl (C=O) groups is 1. The monoisotopic (exact) mass is 289 g/mol. The maximum Gasteiger partial charge on any atom is 0.263 e. The van der Waals surface area contributed by atoms with E-state index in [1.807, 2.05) is 32.2 Å². The first-order valence-corrected chi connectivity index (χ1v) is 7.38. The van der Waals surface area contributed by atoms with Crippen molar-refractivity contribution in [2.24, 2.45) is 0 Å². The van der Waals surface area contributed by atoms with Crippen molar-refractivity contribution >= 4 is 22.9 Å². The summed E-state index contributed by atoms with van der Waals surface area (Å²) in [5.74, 6) is -0.0519. The van der Waals surface area contributed by atoms with E-state index in [0.717, 1.165) is 10.7 Å². The molecule has 0 fully saturated rings. The quantitative estimate of drug-likeness (QED) is 0.920. The molecular formula is C15H19N3OS. The summed E-state index contributed by atoms with van der Waals surface area (Å²) in [5.41, 5.74) is 1.14. The number of carbonyl (C=O) groups excluding carboxylic acids is 1. The average molecular weight is 289 g/mol. The SMILES string of the molecule is Cc1ncc(C(=O)NC[C@@H](C)N(C)c2ccccc2)s1. The number of hydrogen-bond donors (Lipinski definition) is 1. The molecule has 1 amide bonds. The lowest BCUT2D eigenvalue weighted by Gasteiger charge is -2.27. The molecule has 1 aromatic carbocycles. The second-order valence-corrected chi connectivity index (χ2v) is 5.98. The van der Waals surface area contributed by atoms with Gasteiger partial charge in [-0.15, -0.1) is 11.3 Å². The number of benzene rings is 1. The van der Waals surface area contributed by atoms with Crippen LogP contribution in [0.5, 0.6) is 0 Å². The first-order chi connectivity index (χ1) is 9.58. The number of para-hydroxylation sites is 1. The summed E-state index contributed by atoms with van der Waals surface area (Å²) >= 11 is 1.42. The molecule has 0 spiro atoms. The van der Waals surface area contributed by atoms with Crippen molar-refractivity contribution in [3.05, 3.63) is 46.4 Å². The minimum absolute atomic E-state index is 0.0519. The molecule has 106 valence electrons. The van der Waals surface area contributed by atoms with Crippen molar-refractivity contribution in [3.8, 4) is 0 Å². The molecule has 20 heavy (non-hydrogen) atoms. The second kappa shape index (κ2) is 6.52. The van der Waals surface area contributed by atoms with Gasteiger partial charge in [-0.25, -0.2) is 4.98 Å². The zero-order valence-corrected chi connectivity index (χ0v) is 12.8. The van der Waals surface area contributed by atoms with Gasteiger partial charge in [0.15, 0.2) is 0 Å². The lowest BCUT2D eigenvalue weighted by molar-refractivity contribution is 0.0955. The standard InChI is InChI=1S/C15H19N3OS/c1-11(18(3)13-7-5-4-6-8-13)9-17-15(19)14-10-16-12(2)20-14/h4-8,10-11H,9H2,1-3H3,(H,17,19)/t11-/m1/s1. The predicted octanol–water partition coefficient (Wildman–Crippen LogP) is 2.71. The predicted molar refractivity (Wildman–Crippen MR) is 83.5 cm³/mol. The molecule has 4 nitrogen and oxygen atoms in total. The van der Waals surface area contributed by atoms with E-state index >= 15 is 0 Å². The number of thiazole rings is 1. The second-order valence-electron chi connectivity index (χ2n) is 4.75. The van der Waals surface area contributed by atoms with Gasteiger partial charge in [0, 0.05) is 25.3 Å². The van der Waals surface area contributed by atoms with Crippen LogP contribution in [0.25, 0.3) is 0 Å². The average Bonchev–Trinajstić information content (AvgIpc) is 2.91. The molecule has 0 radical (unpaired) electrons. The summed E-state index contributed by atoms with van der Waals surface area (Å²) in [7, 11) is 2.03. The Bertz CT molecular complexity index is 568. The number of nitrogens with zero attached hydrogens (tertiary/aromatic N) is 2. The lowest BCUT2D eigenvalue weighted by Crippen LogP contribution is -2.40. The van der Waals surface area contributed by atoms with Gasteiger partial charge >= 0.3 is 0 Å². The van der Waals surface area contributed by atoms with Gasteiger partial charge in [0.2, 0.25) is 0 Å². The van der Waals surface area contributed by atoms with Crippen molar-refractivity contribution in [1.82, 2.24) is 10.3 Å². The van der Waals surface area contributed by atoms with Crippen molar-refractivity contribution in [2.75, 3.05) is 18.5 Å². The molecule has 1 heterocycles. The molecule has 0 aliphatic rings. The Hall–Kier alpha value is -1.88. The molecule has 2 aromatic rings. The number of hydrogen-bond acceptors (Lipinski definition) is 4. The summed E-state index contributed by atoms with van der Waals surface area (Å²) in [5, 5.41) is 3.86. The number of nitrogens with one attached hydrogen (secondary N) is 1. The summed E-state index contributed by atoms with van der Waals surface area (Å²) in [4.78, 5) is 18.9. The number of rotatable bonds is 5. The number of aryl methyl sites for hydroxylation is 1. The number of anilines is 1. The van der Waals surface area contributed by atoms with Gasteiger partial charge in [-0.05, 0) is 26.0 Å². The lowest BCUT2D eigenvalue weighted by atomic mass is 10.2. The van der Waals surface area contributed by atoms with Gasteiger partial charge in [0.1, 0.15) is 4.88 Å². The highest BCUT2D eigenvalue weighted by molar-refractivity contribution is 7.13. The fourth-order valence-corrected chi connectivity index (χ4v) is 2.54. The normalized spacial score (nSPS) is 11.9. The van der Waals surface area contributed by atoms with E-state index in [1.54, 1.807) is 6.20 Å². The fraction of sp³-hybridized carbons (Fsp3) is 0.333. The molecule has 1 N–H and O–H groups in total. The smallest absolute Gasteiger partial charge is 0.263 e. The van der Waals surface area contributed by atoms with Crippen LogP contribution < -0.4 is 10.2 Å². The topological polar surface area (TPSA) is 45.2 Å². The third-order valence-corrected chi connectivity index (χ3v) is 4.14. The van der Waals surface area contributed by atoms with Crippen LogP contribution in [0.1, 0.15) is 21.6 Å². The maximum absolute atomic E-state index is 12.0. The Labute approximate surface area is 123 Å². The van der Waals surface area contributed by atoms with Gasteiger partial charge in [0.05, 0.1) is 11.2 Å². The summed E-state index contributed by atoms with van der Waals surface area (Å²) < 4.78 is 0. The zero-order valence-electron chi connectivity index (χ0n) is 12.0. The van der Waals surface area contributed by atoms with Gasteiger partial charge < -0.3 is 10.2 Å². The first-order valence-electron chi connectivity index (χ1n) is 6.56. The third-order valence-electron chi connectivity index (χ3n) is 3.23. The molecule has 0 unspecified atom stereocenters. The van der Waals surface area contributed by atoms with Crippen LogP contribution in [0.15, 0.2) is 36.5 Å². The van der Waals surface area contributed by atoms with Gasteiger partial charge in [-0.1, -0.05) is 18.2 Å². The van der Waals surface area contributed by atoms with E-state index in [0.29, 0.717) is 11.4 Å². The first kappa shape index (κ1) is 14.5. The van der Waals surface area contributed by atoms with Gasteiger partial charge in [-0.3, -0.25) is 4.79 Å². The highest BCUT2D eigenvalue weighted by Gasteiger charge is 2.13. The Kier molecular flexibility index (Phi) is 4.74. The highest BCUT2D eigenvalue weighted by atomic mass is 32.1. The molecular weight excluding hydrogens is 270 g/mol.